The van der Waals surface area contributed by atoms with Crippen LogP contribution in [0.25, 0.3) is 0 Å². The molecule has 1 aliphatic heterocycles. The molecule has 0 aromatic rings. The fourth-order valence-electron chi connectivity index (χ4n) is 1.60. The molecule has 0 aromatic carbocycles. The lowest BCUT2D eigenvalue weighted by atomic mass is 10.0. The van der Waals surface area contributed by atoms with Gasteiger partial charge in [0.1, 0.15) is 6.61 Å². The second-order valence-electron chi connectivity index (χ2n) is 3.65. The second-order valence-corrected chi connectivity index (χ2v) is 3.65. The van der Waals surface area contributed by atoms with E-state index in [9.17, 15) is 9.59 Å². The molecule has 0 saturated carbocycles. The summed E-state index contributed by atoms with van der Waals surface area (Å²) in [5.41, 5.74) is 4.79. The molecule has 2 atom stereocenters. The first kappa shape index (κ1) is 11.9. The molecule has 86 valence electrons. The lowest BCUT2D eigenvalue weighted by Gasteiger charge is -2.29. The Hall–Kier alpha value is -1.14. The van der Waals surface area contributed by atoms with E-state index in [4.69, 9.17) is 10.5 Å². The molecule has 0 radical (unpaired) electrons. The number of carbonyl (C=O) groups excluding carboxylic acids is 2. The molecule has 6 heteroatoms. The van der Waals surface area contributed by atoms with Gasteiger partial charge in [-0.1, -0.05) is 0 Å². The van der Waals surface area contributed by atoms with Gasteiger partial charge in [0.05, 0.1) is 6.10 Å². The highest BCUT2D eigenvalue weighted by Crippen LogP contribution is 2.11. The number of hydrogen-bond acceptors (Lipinski definition) is 4. The number of piperidine rings is 1. The summed E-state index contributed by atoms with van der Waals surface area (Å²) in [5.74, 6) is -0.500. The number of hydrogen-bond donors (Lipinski definition) is 3. The van der Waals surface area contributed by atoms with Crippen LogP contribution in [-0.4, -0.2) is 37.2 Å². The minimum Gasteiger partial charge on any atom is -0.367 e. The van der Waals surface area contributed by atoms with Crippen molar-refractivity contribution in [2.75, 3.05) is 13.2 Å². The largest absolute Gasteiger partial charge is 0.367 e. The van der Waals surface area contributed by atoms with E-state index in [2.05, 4.69) is 5.32 Å². The molecule has 0 aliphatic carbocycles. The Morgan fingerprint density at radius 2 is 2.33 bits per heavy atom. The molecule has 0 spiro atoms. The van der Waals surface area contributed by atoms with Crippen LogP contribution < -0.4 is 16.4 Å². The highest BCUT2D eigenvalue weighted by atomic mass is 16.5. The Morgan fingerprint density at radius 3 is 2.93 bits per heavy atom. The maximum Gasteiger partial charge on any atom is 0.318 e. The molecule has 4 N–H and O–H groups in total. The summed E-state index contributed by atoms with van der Waals surface area (Å²) in [5, 5.41) is 5.20. The summed E-state index contributed by atoms with van der Waals surface area (Å²) >= 11 is 0. The highest BCUT2D eigenvalue weighted by molar-refractivity contribution is 5.94. The van der Waals surface area contributed by atoms with Gasteiger partial charge in [-0.2, -0.15) is 0 Å². The summed E-state index contributed by atoms with van der Waals surface area (Å²) in [4.78, 5) is 21.4. The smallest absolute Gasteiger partial charge is 0.318 e. The predicted octanol–water partition coefficient (Wildman–Crippen LogP) is -0.662. The molecule has 3 amide bonds. The maximum atomic E-state index is 11.0. The first-order valence-corrected chi connectivity index (χ1v) is 5.04. The van der Waals surface area contributed by atoms with Gasteiger partial charge in [-0.25, -0.2) is 4.79 Å². The normalized spacial score (nSPS) is 25.9. The monoisotopic (exact) mass is 215 g/mol. The average Bonchev–Trinajstić information content (AvgIpc) is 2.15. The number of urea groups is 1. The van der Waals surface area contributed by atoms with Crippen molar-refractivity contribution in [1.82, 2.24) is 10.6 Å². The predicted molar refractivity (Wildman–Crippen MR) is 54.2 cm³/mol. The lowest BCUT2D eigenvalue weighted by Crippen LogP contribution is -2.46. The number of amides is 3. The first-order chi connectivity index (χ1) is 7.09. The molecule has 0 bridgehead atoms. The van der Waals surface area contributed by atoms with Crippen LogP contribution in [0.5, 0.6) is 0 Å². The second kappa shape index (κ2) is 5.67. The van der Waals surface area contributed by atoms with Gasteiger partial charge < -0.3 is 15.8 Å². The van der Waals surface area contributed by atoms with Crippen molar-refractivity contribution in [2.24, 2.45) is 5.73 Å². The molecule has 1 rings (SSSR count). The van der Waals surface area contributed by atoms with Crippen LogP contribution in [0.4, 0.5) is 4.79 Å². The number of primary amides is 1. The molecule has 1 aliphatic rings. The fourth-order valence-corrected chi connectivity index (χ4v) is 1.60. The number of nitrogens with two attached hydrogens (primary N) is 1. The Kier molecular flexibility index (Phi) is 4.51. The minimum absolute atomic E-state index is 0.0253. The molecular weight excluding hydrogens is 198 g/mol. The highest BCUT2D eigenvalue weighted by Gasteiger charge is 2.22. The van der Waals surface area contributed by atoms with Crippen molar-refractivity contribution in [2.45, 2.75) is 31.9 Å². The maximum absolute atomic E-state index is 11.0. The van der Waals surface area contributed by atoms with Crippen molar-refractivity contribution < 1.29 is 14.3 Å². The molecule has 1 fully saturated rings. The van der Waals surface area contributed by atoms with Crippen LogP contribution >= 0.6 is 0 Å². The first-order valence-electron chi connectivity index (χ1n) is 5.04. The zero-order chi connectivity index (χ0) is 11.3. The summed E-state index contributed by atoms with van der Waals surface area (Å²) in [6, 6.07) is -0.612. The minimum atomic E-state index is -0.849. The van der Waals surface area contributed by atoms with Crippen LogP contribution in [-0.2, 0) is 9.53 Å². The summed E-state index contributed by atoms with van der Waals surface area (Å²) < 4.78 is 5.38. The molecule has 15 heavy (non-hydrogen) atoms. The summed E-state index contributed by atoms with van der Waals surface area (Å²) in [7, 11) is 0. The van der Waals surface area contributed by atoms with E-state index in [0.717, 1.165) is 19.4 Å². The standard InChI is InChI=1S/C9H17N3O3/c1-6-7(3-2-4-11-6)15-5-8(13)12-9(10)14/h6-7,11H,2-5H2,1H3,(H3,10,12,13,14). The number of imide groups is 1. The SMILES string of the molecule is CC1NCCCC1OCC(=O)NC(N)=O. The van der Waals surface area contributed by atoms with Gasteiger partial charge in [0.25, 0.3) is 5.91 Å². The van der Waals surface area contributed by atoms with Gasteiger partial charge in [0, 0.05) is 6.04 Å². The molecule has 2 unspecified atom stereocenters. The molecule has 1 heterocycles. The van der Waals surface area contributed by atoms with Crippen molar-refractivity contribution in [3.8, 4) is 0 Å². The van der Waals surface area contributed by atoms with E-state index in [1.165, 1.54) is 0 Å². The van der Waals surface area contributed by atoms with Gasteiger partial charge in [0.2, 0.25) is 0 Å². The van der Waals surface area contributed by atoms with E-state index in [1.807, 2.05) is 12.2 Å². The number of nitrogens with one attached hydrogen (secondary N) is 2. The van der Waals surface area contributed by atoms with E-state index in [1.54, 1.807) is 0 Å². The van der Waals surface area contributed by atoms with Crippen LogP contribution in [0.3, 0.4) is 0 Å². The quantitative estimate of drug-likeness (QED) is 0.582. The Balaban J connectivity index is 2.23. The lowest BCUT2D eigenvalue weighted by molar-refractivity contribution is -0.127. The van der Waals surface area contributed by atoms with E-state index < -0.39 is 11.9 Å². The Labute approximate surface area is 88.5 Å². The van der Waals surface area contributed by atoms with Crippen molar-refractivity contribution in [3.63, 3.8) is 0 Å². The number of rotatable bonds is 3. The molecule has 1 saturated heterocycles. The van der Waals surface area contributed by atoms with Gasteiger partial charge in [-0.3, -0.25) is 10.1 Å². The van der Waals surface area contributed by atoms with Crippen LogP contribution in [0.2, 0.25) is 0 Å². The van der Waals surface area contributed by atoms with E-state index >= 15 is 0 Å². The van der Waals surface area contributed by atoms with Gasteiger partial charge in [-0.15, -0.1) is 0 Å². The average molecular weight is 215 g/mol. The summed E-state index contributed by atoms with van der Waals surface area (Å²) in [6.07, 6.45) is 1.99. The van der Waals surface area contributed by atoms with Crippen molar-refractivity contribution >= 4 is 11.9 Å². The summed E-state index contributed by atoms with van der Waals surface area (Å²) in [6.45, 7) is 2.87. The number of ether oxygens (including phenoxy) is 1. The van der Waals surface area contributed by atoms with Gasteiger partial charge >= 0.3 is 6.03 Å². The number of carbonyl (C=O) groups is 2. The zero-order valence-electron chi connectivity index (χ0n) is 8.79. The zero-order valence-corrected chi connectivity index (χ0v) is 8.79. The van der Waals surface area contributed by atoms with E-state index in [-0.39, 0.29) is 18.8 Å². The topological polar surface area (TPSA) is 93.4 Å². The Morgan fingerprint density at radius 1 is 1.60 bits per heavy atom. The molecular formula is C9H17N3O3. The van der Waals surface area contributed by atoms with Gasteiger partial charge in [-0.05, 0) is 26.3 Å². The third-order valence-corrected chi connectivity index (χ3v) is 2.38. The Bertz CT molecular complexity index is 245. The van der Waals surface area contributed by atoms with Crippen molar-refractivity contribution in [1.29, 1.82) is 0 Å². The van der Waals surface area contributed by atoms with E-state index in [0.29, 0.717) is 0 Å². The third kappa shape index (κ3) is 4.26. The third-order valence-electron chi connectivity index (χ3n) is 2.38. The van der Waals surface area contributed by atoms with Crippen LogP contribution in [0.15, 0.2) is 0 Å². The van der Waals surface area contributed by atoms with Crippen LogP contribution in [0, 0.1) is 0 Å². The molecule has 0 aromatic heterocycles. The van der Waals surface area contributed by atoms with Crippen molar-refractivity contribution in [3.05, 3.63) is 0 Å². The fraction of sp³-hybridized carbons (Fsp3) is 0.778. The van der Waals surface area contributed by atoms with Crippen LogP contribution in [0.1, 0.15) is 19.8 Å². The molecule has 6 nitrogen and oxygen atoms in total. The van der Waals surface area contributed by atoms with Gasteiger partial charge in [0.15, 0.2) is 0 Å².